The number of nitrogens with zero attached hydrogens (tertiary/aromatic N) is 1. The fraction of sp³-hybridized carbons (Fsp3) is 0.167. The van der Waals surface area contributed by atoms with E-state index in [-0.39, 0.29) is 5.56 Å². The van der Waals surface area contributed by atoms with Gasteiger partial charge < -0.3 is 14.2 Å². The highest BCUT2D eigenvalue weighted by molar-refractivity contribution is 6.01. The first-order valence-electron chi connectivity index (χ1n) is 7.01. The lowest BCUT2D eigenvalue weighted by Crippen LogP contribution is -2.15. The number of Topliss-reactive ketones (excluding diaryl/α,β-unsaturated/α-hetero) is 1. The third-order valence-electron chi connectivity index (χ3n) is 3.29. The van der Waals surface area contributed by atoms with Gasteiger partial charge in [0, 0.05) is 6.07 Å². The summed E-state index contributed by atoms with van der Waals surface area (Å²) >= 11 is 0. The molecule has 6 heteroatoms. The second kappa shape index (κ2) is 7.79. The van der Waals surface area contributed by atoms with Crippen molar-refractivity contribution in [2.75, 3.05) is 20.8 Å². The molecule has 0 saturated heterocycles. The largest absolute Gasteiger partial charge is 0.497 e. The standard InChI is InChI=1S/C18H15NO5/c1-22-14-7-8-15(17(9-14)23-2)16(20)11-24-18(21)13-5-3-12(10-19)4-6-13/h3-9H,11H2,1-2H3. The number of nitriles is 1. The summed E-state index contributed by atoms with van der Waals surface area (Å²) in [5, 5.41) is 8.72. The Balaban J connectivity index is 2.04. The number of hydrogen-bond donors (Lipinski definition) is 0. The number of benzene rings is 2. The molecule has 0 saturated carbocycles. The van der Waals surface area contributed by atoms with Gasteiger partial charge in [-0.3, -0.25) is 4.79 Å². The lowest BCUT2D eigenvalue weighted by molar-refractivity contribution is 0.0474. The Morgan fingerprint density at radius 2 is 1.75 bits per heavy atom. The summed E-state index contributed by atoms with van der Waals surface area (Å²) in [5.74, 6) is -0.136. The topological polar surface area (TPSA) is 85.6 Å². The summed E-state index contributed by atoms with van der Waals surface area (Å²) < 4.78 is 15.2. The smallest absolute Gasteiger partial charge is 0.338 e. The number of esters is 1. The zero-order valence-corrected chi connectivity index (χ0v) is 13.2. The van der Waals surface area contributed by atoms with Crippen molar-refractivity contribution < 1.29 is 23.8 Å². The molecule has 122 valence electrons. The van der Waals surface area contributed by atoms with Crippen molar-refractivity contribution in [1.29, 1.82) is 5.26 Å². The molecule has 2 aromatic carbocycles. The van der Waals surface area contributed by atoms with Crippen LogP contribution in [0.2, 0.25) is 0 Å². The van der Waals surface area contributed by atoms with Crippen molar-refractivity contribution in [3.63, 3.8) is 0 Å². The average molecular weight is 325 g/mol. The number of carbonyl (C=O) groups is 2. The van der Waals surface area contributed by atoms with E-state index in [4.69, 9.17) is 19.5 Å². The highest BCUT2D eigenvalue weighted by Gasteiger charge is 2.16. The summed E-state index contributed by atoms with van der Waals surface area (Å²) in [4.78, 5) is 24.1. The van der Waals surface area contributed by atoms with Crippen molar-refractivity contribution in [2.24, 2.45) is 0 Å². The van der Waals surface area contributed by atoms with E-state index < -0.39 is 18.4 Å². The first kappa shape index (κ1) is 17.0. The molecule has 0 fully saturated rings. The Bertz CT molecular complexity index is 790. The maximum atomic E-state index is 12.2. The van der Waals surface area contributed by atoms with Gasteiger partial charge in [0.1, 0.15) is 11.5 Å². The van der Waals surface area contributed by atoms with Crippen molar-refractivity contribution >= 4 is 11.8 Å². The molecular weight excluding hydrogens is 310 g/mol. The SMILES string of the molecule is COc1ccc(C(=O)COC(=O)c2ccc(C#N)cc2)c(OC)c1. The molecule has 0 N–H and O–H groups in total. The molecule has 0 unspecified atom stereocenters. The van der Waals surface area contributed by atoms with E-state index in [0.29, 0.717) is 22.6 Å². The van der Waals surface area contributed by atoms with E-state index in [1.165, 1.54) is 38.5 Å². The molecule has 24 heavy (non-hydrogen) atoms. The van der Waals surface area contributed by atoms with Crippen LogP contribution in [0.4, 0.5) is 0 Å². The van der Waals surface area contributed by atoms with Crippen LogP contribution in [0, 0.1) is 11.3 Å². The van der Waals surface area contributed by atoms with E-state index >= 15 is 0 Å². The summed E-state index contributed by atoms with van der Waals surface area (Å²) in [6.07, 6.45) is 0. The first-order chi connectivity index (χ1) is 11.6. The number of ether oxygens (including phenoxy) is 3. The van der Waals surface area contributed by atoms with Crippen LogP contribution in [0.1, 0.15) is 26.3 Å². The van der Waals surface area contributed by atoms with E-state index in [1.54, 1.807) is 18.2 Å². The van der Waals surface area contributed by atoms with Gasteiger partial charge in [0.2, 0.25) is 5.78 Å². The van der Waals surface area contributed by atoms with Gasteiger partial charge in [0.25, 0.3) is 0 Å². The fourth-order valence-corrected chi connectivity index (χ4v) is 2.00. The summed E-state index contributed by atoms with van der Waals surface area (Å²) in [7, 11) is 2.95. The Hall–Kier alpha value is -3.33. The Morgan fingerprint density at radius 3 is 2.33 bits per heavy atom. The lowest BCUT2D eigenvalue weighted by Gasteiger charge is -2.10. The van der Waals surface area contributed by atoms with Gasteiger partial charge in [-0.1, -0.05) is 0 Å². The fourth-order valence-electron chi connectivity index (χ4n) is 2.00. The van der Waals surface area contributed by atoms with E-state index in [9.17, 15) is 9.59 Å². The molecule has 0 bridgehead atoms. The van der Waals surface area contributed by atoms with Gasteiger partial charge in [-0.05, 0) is 36.4 Å². The minimum Gasteiger partial charge on any atom is -0.497 e. The molecule has 0 spiro atoms. The maximum Gasteiger partial charge on any atom is 0.338 e. The zero-order chi connectivity index (χ0) is 17.5. The molecule has 0 aliphatic carbocycles. The monoisotopic (exact) mass is 325 g/mol. The average Bonchev–Trinajstić information content (AvgIpc) is 2.65. The van der Waals surface area contributed by atoms with Crippen molar-refractivity contribution in [1.82, 2.24) is 0 Å². The van der Waals surface area contributed by atoms with Crippen molar-refractivity contribution in [3.05, 3.63) is 59.2 Å². The summed E-state index contributed by atoms with van der Waals surface area (Å²) in [5.41, 5.74) is 1.00. The lowest BCUT2D eigenvalue weighted by atomic mass is 10.1. The minimum atomic E-state index is -0.639. The molecule has 0 aliphatic heterocycles. The van der Waals surface area contributed by atoms with Crippen LogP contribution in [0.3, 0.4) is 0 Å². The number of methoxy groups -OCH3 is 2. The van der Waals surface area contributed by atoms with Crippen LogP contribution < -0.4 is 9.47 Å². The Labute approximate surface area is 139 Å². The predicted molar refractivity (Wildman–Crippen MR) is 85.3 cm³/mol. The van der Waals surface area contributed by atoms with Gasteiger partial charge in [-0.15, -0.1) is 0 Å². The molecule has 2 aromatic rings. The van der Waals surface area contributed by atoms with E-state index in [0.717, 1.165) is 0 Å². The van der Waals surface area contributed by atoms with Crippen LogP contribution in [0.25, 0.3) is 0 Å². The van der Waals surface area contributed by atoms with Crippen LogP contribution in [0.5, 0.6) is 11.5 Å². The third kappa shape index (κ3) is 3.90. The number of carbonyl (C=O) groups excluding carboxylic acids is 2. The predicted octanol–water partition coefficient (Wildman–Crippen LogP) is 2.62. The van der Waals surface area contributed by atoms with Gasteiger partial charge >= 0.3 is 5.97 Å². The van der Waals surface area contributed by atoms with Crippen LogP contribution in [0.15, 0.2) is 42.5 Å². The van der Waals surface area contributed by atoms with Gasteiger partial charge in [-0.2, -0.15) is 5.26 Å². The summed E-state index contributed by atoms with van der Waals surface area (Å²) in [6.45, 7) is -0.415. The van der Waals surface area contributed by atoms with Crippen LogP contribution in [-0.4, -0.2) is 32.6 Å². The third-order valence-corrected chi connectivity index (χ3v) is 3.29. The van der Waals surface area contributed by atoms with Crippen LogP contribution >= 0.6 is 0 Å². The van der Waals surface area contributed by atoms with E-state index in [2.05, 4.69) is 0 Å². The van der Waals surface area contributed by atoms with E-state index in [1.807, 2.05) is 6.07 Å². The molecular formula is C18H15NO5. The van der Waals surface area contributed by atoms with Crippen LogP contribution in [-0.2, 0) is 4.74 Å². The maximum absolute atomic E-state index is 12.2. The second-order valence-electron chi connectivity index (χ2n) is 4.75. The Morgan fingerprint density at radius 1 is 1.04 bits per heavy atom. The molecule has 0 radical (unpaired) electrons. The Kier molecular flexibility index (Phi) is 5.53. The summed E-state index contributed by atoms with van der Waals surface area (Å²) in [6, 6.07) is 12.7. The van der Waals surface area contributed by atoms with Gasteiger partial charge in [0.15, 0.2) is 6.61 Å². The highest BCUT2D eigenvalue weighted by atomic mass is 16.5. The number of rotatable bonds is 6. The van der Waals surface area contributed by atoms with Gasteiger partial charge in [0.05, 0.1) is 37.0 Å². The number of ketones is 1. The zero-order valence-electron chi connectivity index (χ0n) is 13.2. The first-order valence-corrected chi connectivity index (χ1v) is 7.01. The highest BCUT2D eigenvalue weighted by Crippen LogP contribution is 2.25. The molecule has 0 atom stereocenters. The van der Waals surface area contributed by atoms with Crippen molar-refractivity contribution in [2.45, 2.75) is 0 Å². The molecule has 0 amide bonds. The molecule has 6 nitrogen and oxygen atoms in total. The number of hydrogen-bond acceptors (Lipinski definition) is 6. The molecule has 2 rings (SSSR count). The van der Waals surface area contributed by atoms with Crippen molar-refractivity contribution in [3.8, 4) is 17.6 Å². The normalized spacial score (nSPS) is 9.71. The van der Waals surface area contributed by atoms with Gasteiger partial charge in [-0.25, -0.2) is 4.79 Å². The molecule has 0 aliphatic rings. The molecule has 0 aromatic heterocycles. The second-order valence-corrected chi connectivity index (χ2v) is 4.75. The molecule has 0 heterocycles. The minimum absolute atomic E-state index is 0.267. The quantitative estimate of drug-likeness (QED) is 0.599.